The fraction of sp³-hybridized carbons (Fsp3) is 0. The number of hydrogen-bond donors (Lipinski definition) is 0. The van der Waals surface area contributed by atoms with Gasteiger partial charge < -0.3 is 4.57 Å². The van der Waals surface area contributed by atoms with Crippen molar-refractivity contribution in [3.8, 4) is 62.5 Å². The van der Waals surface area contributed by atoms with Crippen LogP contribution in [-0.2, 0) is 0 Å². The number of rotatable bonds is 6. The molecule has 0 saturated heterocycles. The molecule has 13 aromatic rings. The van der Waals surface area contributed by atoms with Gasteiger partial charge in [0.25, 0.3) is 0 Å². The van der Waals surface area contributed by atoms with E-state index in [4.69, 9.17) is 24.9 Å². The van der Waals surface area contributed by atoms with Crippen LogP contribution in [0.3, 0.4) is 0 Å². The molecule has 0 atom stereocenters. The lowest BCUT2D eigenvalue weighted by Crippen LogP contribution is -2.00. The van der Waals surface area contributed by atoms with Crippen molar-refractivity contribution in [2.45, 2.75) is 0 Å². The second-order valence-electron chi connectivity index (χ2n) is 15.6. The quantitative estimate of drug-likeness (QED) is 0.167. The minimum atomic E-state index is 0.609. The Labute approximate surface area is 369 Å². The number of para-hydroxylation sites is 2. The molecule has 5 heterocycles. The van der Waals surface area contributed by atoms with Crippen LogP contribution in [0.1, 0.15) is 0 Å². The van der Waals surface area contributed by atoms with Gasteiger partial charge in [-0.15, -0.1) is 22.7 Å². The Kier molecular flexibility index (Phi) is 8.15. The summed E-state index contributed by atoms with van der Waals surface area (Å²) in [6.07, 6.45) is 0. The summed E-state index contributed by atoms with van der Waals surface area (Å²) < 4.78 is 6.96. The Morgan fingerprint density at radius 1 is 0.349 bits per heavy atom. The maximum absolute atomic E-state index is 5.37. The molecule has 294 valence electrons. The Balaban J connectivity index is 0.968. The molecule has 5 aromatic heterocycles. The molecule has 0 aliphatic heterocycles. The molecule has 0 bridgehead atoms. The van der Waals surface area contributed by atoms with Crippen LogP contribution in [-0.4, -0.2) is 29.5 Å². The van der Waals surface area contributed by atoms with E-state index in [2.05, 4.69) is 162 Å². The molecule has 8 aromatic carbocycles. The summed E-state index contributed by atoms with van der Waals surface area (Å²) in [5.74, 6) is 2.55. The highest BCUT2D eigenvalue weighted by Gasteiger charge is 2.21. The molecule has 0 spiro atoms. The van der Waals surface area contributed by atoms with Gasteiger partial charge in [-0.25, -0.2) is 24.9 Å². The zero-order valence-corrected chi connectivity index (χ0v) is 35.1. The van der Waals surface area contributed by atoms with Gasteiger partial charge in [0.15, 0.2) is 23.3 Å². The van der Waals surface area contributed by atoms with Crippen LogP contribution in [0.15, 0.2) is 194 Å². The third kappa shape index (κ3) is 5.87. The van der Waals surface area contributed by atoms with Crippen LogP contribution in [0.25, 0.3) is 125 Å². The number of aromatic nitrogens is 6. The maximum atomic E-state index is 5.37. The molecule has 0 N–H and O–H groups in total. The zero-order valence-electron chi connectivity index (χ0n) is 33.5. The maximum Gasteiger partial charge on any atom is 0.164 e. The van der Waals surface area contributed by atoms with Crippen molar-refractivity contribution in [2.24, 2.45) is 0 Å². The van der Waals surface area contributed by atoms with Gasteiger partial charge in [-0.2, -0.15) is 0 Å². The van der Waals surface area contributed by atoms with E-state index >= 15 is 0 Å². The van der Waals surface area contributed by atoms with Crippen LogP contribution in [0.5, 0.6) is 0 Å². The lowest BCUT2D eigenvalue weighted by molar-refractivity contribution is 1.07. The van der Waals surface area contributed by atoms with E-state index in [1.54, 1.807) is 22.7 Å². The SMILES string of the molecule is c1ccc(-c2nc(-c3ccc(-n4c5ccccc5c5ccccc54)cc3)nc(-c3ccc4sc5cccc(-c6nc(-c7ccccc7)c7sc8ccccc8c7n6)c5c4c3)n2)cc1. The van der Waals surface area contributed by atoms with Crippen molar-refractivity contribution in [1.29, 1.82) is 0 Å². The summed E-state index contributed by atoms with van der Waals surface area (Å²) in [5, 5.41) is 5.84. The normalized spacial score (nSPS) is 11.8. The molecular formula is C55H32N6S2. The molecule has 0 aliphatic carbocycles. The monoisotopic (exact) mass is 840 g/mol. The highest BCUT2D eigenvalue weighted by atomic mass is 32.1. The Bertz CT molecular complexity index is 3860. The molecule has 63 heavy (non-hydrogen) atoms. The van der Waals surface area contributed by atoms with E-state index in [0.717, 1.165) is 65.6 Å². The number of thiophene rings is 2. The van der Waals surface area contributed by atoms with Crippen molar-refractivity contribution in [3.05, 3.63) is 194 Å². The number of nitrogens with zero attached hydrogens (tertiary/aromatic N) is 6. The second-order valence-corrected chi connectivity index (χ2v) is 17.8. The fourth-order valence-corrected chi connectivity index (χ4v) is 11.2. The highest BCUT2D eigenvalue weighted by molar-refractivity contribution is 7.26. The van der Waals surface area contributed by atoms with Crippen LogP contribution in [0.4, 0.5) is 0 Å². The third-order valence-electron chi connectivity index (χ3n) is 11.9. The van der Waals surface area contributed by atoms with Gasteiger partial charge in [-0.3, -0.25) is 0 Å². The van der Waals surface area contributed by atoms with E-state index in [0.29, 0.717) is 23.3 Å². The van der Waals surface area contributed by atoms with Crippen molar-refractivity contribution in [1.82, 2.24) is 29.5 Å². The lowest BCUT2D eigenvalue weighted by Gasteiger charge is -2.11. The fourth-order valence-electron chi connectivity index (χ4n) is 8.97. The van der Waals surface area contributed by atoms with E-state index < -0.39 is 0 Å². The molecule has 6 nitrogen and oxygen atoms in total. The second kappa shape index (κ2) is 14.3. The molecule has 0 amide bonds. The largest absolute Gasteiger partial charge is 0.309 e. The van der Waals surface area contributed by atoms with Crippen LogP contribution < -0.4 is 0 Å². The molecule has 8 heteroatoms. The van der Waals surface area contributed by atoms with Crippen molar-refractivity contribution >= 4 is 85.0 Å². The first kappa shape index (κ1) is 35.8. The first-order chi connectivity index (χ1) is 31.2. The first-order valence-corrected chi connectivity index (χ1v) is 22.5. The summed E-state index contributed by atoms with van der Waals surface area (Å²) in [6.45, 7) is 0. The van der Waals surface area contributed by atoms with Crippen molar-refractivity contribution < 1.29 is 0 Å². The Morgan fingerprint density at radius 3 is 1.62 bits per heavy atom. The van der Waals surface area contributed by atoms with Gasteiger partial charge in [0.2, 0.25) is 0 Å². The van der Waals surface area contributed by atoms with E-state index in [9.17, 15) is 0 Å². The third-order valence-corrected chi connectivity index (χ3v) is 14.2. The number of hydrogen-bond acceptors (Lipinski definition) is 7. The molecular weight excluding hydrogens is 809 g/mol. The predicted octanol–water partition coefficient (Wildman–Crippen LogP) is 14.8. The van der Waals surface area contributed by atoms with Gasteiger partial charge >= 0.3 is 0 Å². The Morgan fingerprint density at radius 2 is 0.905 bits per heavy atom. The van der Waals surface area contributed by atoms with Crippen LogP contribution in [0.2, 0.25) is 0 Å². The van der Waals surface area contributed by atoms with Gasteiger partial charge in [-0.1, -0.05) is 127 Å². The van der Waals surface area contributed by atoms with Crippen LogP contribution in [0, 0.1) is 0 Å². The number of fused-ring (bicyclic) bond motifs is 9. The molecule has 0 unspecified atom stereocenters. The minimum absolute atomic E-state index is 0.609. The van der Waals surface area contributed by atoms with Crippen molar-refractivity contribution in [3.63, 3.8) is 0 Å². The average Bonchev–Trinajstić information content (AvgIpc) is 4.04. The summed E-state index contributed by atoms with van der Waals surface area (Å²) in [5.41, 5.74) is 10.2. The van der Waals surface area contributed by atoms with Gasteiger partial charge in [0.05, 0.1) is 26.9 Å². The Hall–Kier alpha value is -7.91. The molecule has 0 radical (unpaired) electrons. The zero-order chi connectivity index (χ0) is 41.4. The summed E-state index contributed by atoms with van der Waals surface area (Å²) in [4.78, 5) is 26.1. The molecule has 0 saturated carbocycles. The van der Waals surface area contributed by atoms with Crippen LogP contribution >= 0.6 is 22.7 Å². The van der Waals surface area contributed by atoms with E-state index in [1.807, 2.05) is 36.4 Å². The first-order valence-electron chi connectivity index (χ1n) is 20.8. The van der Waals surface area contributed by atoms with Gasteiger partial charge in [0.1, 0.15) is 0 Å². The van der Waals surface area contributed by atoms with E-state index in [1.165, 1.54) is 35.9 Å². The minimum Gasteiger partial charge on any atom is -0.309 e. The van der Waals surface area contributed by atoms with E-state index in [-0.39, 0.29) is 0 Å². The molecule has 13 rings (SSSR count). The molecule has 0 fully saturated rings. The average molecular weight is 841 g/mol. The predicted molar refractivity (Wildman–Crippen MR) is 263 cm³/mol. The van der Waals surface area contributed by atoms with Gasteiger partial charge in [-0.05, 0) is 66.7 Å². The smallest absolute Gasteiger partial charge is 0.164 e. The summed E-state index contributed by atoms with van der Waals surface area (Å²) >= 11 is 3.53. The van der Waals surface area contributed by atoms with Gasteiger partial charge in [0, 0.05) is 74.5 Å². The number of benzene rings is 8. The van der Waals surface area contributed by atoms with Crippen molar-refractivity contribution in [2.75, 3.05) is 0 Å². The molecule has 0 aliphatic rings. The highest BCUT2D eigenvalue weighted by Crippen LogP contribution is 2.44. The standard InChI is InChI=1S/C55H32N6S2/c1-3-14-33(15-4-1)49-51-50(40-20-9-12-24-45(40)63-51)57-55(56-49)41-21-13-25-47-48(41)42-32-36(28-31-46(42)62-47)54-59-52(34-16-5-2-6-17-34)58-53(60-54)35-26-29-37(30-27-35)61-43-22-10-7-18-38(43)39-19-8-11-23-44(39)61/h1-32H. The topological polar surface area (TPSA) is 69.4 Å². The summed E-state index contributed by atoms with van der Waals surface area (Å²) in [6, 6.07) is 67.8. The lowest BCUT2D eigenvalue weighted by atomic mass is 10.0. The summed E-state index contributed by atoms with van der Waals surface area (Å²) in [7, 11) is 0.